The maximum absolute atomic E-state index is 12.9. The van der Waals surface area contributed by atoms with E-state index in [2.05, 4.69) is 10.2 Å². The first-order valence-corrected chi connectivity index (χ1v) is 7.80. The lowest BCUT2D eigenvalue weighted by Gasteiger charge is -2.26. The SMILES string of the molecule is CC(C(=O)Nc1ccc(N)c(C(F)(F)F)c1)N1CCCCCC1. The molecule has 7 heteroatoms. The topological polar surface area (TPSA) is 58.4 Å². The van der Waals surface area contributed by atoms with Crippen LogP contribution in [0.3, 0.4) is 0 Å². The highest BCUT2D eigenvalue weighted by Gasteiger charge is 2.33. The monoisotopic (exact) mass is 329 g/mol. The van der Waals surface area contributed by atoms with Crippen LogP contribution in [0, 0.1) is 0 Å². The molecule has 0 spiro atoms. The van der Waals surface area contributed by atoms with E-state index in [9.17, 15) is 18.0 Å². The number of nitrogens with one attached hydrogen (secondary N) is 1. The smallest absolute Gasteiger partial charge is 0.398 e. The second-order valence-corrected chi connectivity index (χ2v) is 5.92. The molecule has 1 aromatic rings. The molecule has 1 amide bonds. The second-order valence-electron chi connectivity index (χ2n) is 5.92. The van der Waals surface area contributed by atoms with Gasteiger partial charge in [-0.15, -0.1) is 0 Å². The average molecular weight is 329 g/mol. The lowest BCUT2D eigenvalue weighted by Crippen LogP contribution is -2.42. The molecule has 1 saturated heterocycles. The van der Waals surface area contributed by atoms with Crippen molar-refractivity contribution in [1.82, 2.24) is 4.90 Å². The van der Waals surface area contributed by atoms with Crippen LogP contribution >= 0.6 is 0 Å². The number of carbonyl (C=O) groups is 1. The molecule has 3 N–H and O–H groups in total. The van der Waals surface area contributed by atoms with E-state index in [1.165, 1.54) is 6.07 Å². The van der Waals surface area contributed by atoms with Gasteiger partial charge in [0.25, 0.3) is 0 Å². The summed E-state index contributed by atoms with van der Waals surface area (Å²) in [6.07, 6.45) is -0.161. The largest absolute Gasteiger partial charge is 0.418 e. The van der Waals surface area contributed by atoms with Gasteiger partial charge in [0.2, 0.25) is 5.91 Å². The van der Waals surface area contributed by atoms with Crippen molar-refractivity contribution in [3.05, 3.63) is 23.8 Å². The summed E-state index contributed by atoms with van der Waals surface area (Å²) in [4.78, 5) is 14.4. The predicted molar refractivity (Wildman–Crippen MR) is 84.0 cm³/mol. The van der Waals surface area contributed by atoms with E-state index < -0.39 is 11.7 Å². The standard InChI is InChI=1S/C16H22F3N3O/c1-11(22-8-4-2-3-5-9-22)15(23)21-12-6-7-14(20)13(10-12)16(17,18)19/h6-7,10-11H,2-5,8-9,20H2,1H3,(H,21,23). The highest BCUT2D eigenvalue weighted by Crippen LogP contribution is 2.35. The van der Waals surface area contributed by atoms with Crippen LogP contribution in [-0.4, -0.2) is 29.9 Å². The zero-order chi connectivity index (χ0) is 17.0. The first kappa shape index (κ1) is 17.6. The Morgan fingerprint density at radius 1 is 1.22 bits per heavy atom. The number of amides is 1. The summed E-state index contributed by atoms with van der Waals surface area (Å²) < 4.78 is 38.6. The molecule has 0 aromatic heterocycles. The summed E-state index contributed by atoms with van der Waals surface area (Å²) in [5, 5.41) is 2.56. The van der Waals surface area contributed by atoms with Crippen molar-refractivity contribution in [2.24, 2.45) is 0 Å². The zero-order valence-electron chi connectivity index (χ0n) is 13.1. The average Bonchev–Trinajstić information content (AvgIpc) is 2.76. The van der Waals surface area contributed by atoms with Crippen LogP contribution in [0.2, 0.25) is 0 Å². The Balaban J connectivity index is 2.07. The van der Waals surface area contributed by atoms with Gasteiger partial charge in [0, 0.05) is 11.4 Å². The van der Waals surface area contributed by atoms with Crippen molar-refractivity contribution in [2.75, 3.05) is 24.1 Å². The molecule has 23 heavy (non-hydrogen) atoms. The van der Waals surface area contributed by atoms with Crippen molar-refractivity contribution in [3.63, 3.8) is 0 Å². The summed E-state index contributed by atoms with van der Waals surface area (Å²) >= 11 is 0. The molecule has 1 fully saturated rings. The molecule has 1 aliphatic rings. The van der Waals surface area contributed by atoms with Gasteiger partial charge in [-0.3, -0.25) is 9.69 Å². The fraction of sp³-hybridized carbons (Fsp3) is 0.562. The van der Waals surface area contributed by atoms with Gasteiger partial charge in [0.1, 0.15) is 0 Å². The van der Waals surface area contributed by atoms with Crippen molar-refractivity contribution in [1.29, 1.82) is 0 Å². The maximum atomic E-state index is 12.9. The number of hydrogen-bond donors (Lipinski definition) is 2. The van der Waals surface area contributed by atoms with Crippen molar-refractivity contribution >= 4 is 17.3 Å². The predicted octanol–water partition coefficient (Wildman–Crippen LogP) is 3.49. The summed E-state index contributed by atoms with van der Waals surface area (Å²) in [5.41, 5.74) is 4.19. The van der Waals surface area contributed by atoms with Crippen LogP contribution < -0.4 is 11.1 Å². The van der Waals surface area contributed by atoms with Gasteiger partial charge >= 0.3 is 6.18 Å². The van der Waals surface area contributed by atoms with E-state index in [1.807, 2.05) is 0 Å². The summed E-state index contributed by atoms with van der Waals surface area (Å²) in [6, 6.07) is 3.05. The van der Waals surface area contributed by atoms with Crippen molar-refractivity contribution in [2.45, 2.75) is 44.8 Å². The molecule has 4 nitrogen and oxygen atoms in total. The number of hydrogen-bond acceptors (Lipinski definition) is 3. The number of nitrogens with two attached hydrogens (primary N) is 1. The number of rotatable bonds is 3. The van der Waals surface area contributed by atoms with E-state index >= 15 is 0 Å². The van der Waals surface area contributed by atoms with Gasteiger partial charge in [-0.05, 0) is 51.1 Å². The molecule has 2 rings (SSSR count). The van der Waals surface area contributed by atoms with Gasteiger partial charge in [-0.25, -0.2) is 0 Å². The number of likely N-dealkylation sites (tertiary alicyclic amines) is 1. The Morgan fingerprint density at radius 2 is 1.83 bits per heavy atom. The minimum Gasteiger partial charge on any atom is -0.398 e. The third-order valence-corrected chi connectivity index (χ3v) is 4.19. The lowest BCUT2D eigenvalue weighted by atomic mass is 10.1. The van der Waals surface area contributed by atoms with Crippen molar-refractivity contribution < 1.29 is 18.0 Å². The van der Waals surface area contributed by atoms with Crippen LogP contribution in [0.5, 0.6) is 0 Å². The summed E-state index contributed by atoms with van der Waals surface area (Å²) in [7, 11) is 0. The minimum atomic E-state index is -4.54. The molecular formula is C16H22F3N3O. The van der Waals surface area contributed by atoms with Gasteiger partial charge in [0.05, 0.1) is 11.6 Å². The van der Waals surface area contributed by atoms with Crippen LogP contribution in [0.1, 0.15) is 38.2 Å². The Labute approximate surface area is 133 Å². The Morgan fingerprint density at radius 3 is 2.39 bits per heavy atom. The van der Waals surface area contributed by atoms with E-state index in [4.69, 9.17) is 5.73 Å². The molecule has 0 radical (unpaired) electrons. The number of carbonyl (C=O) groups excluding carboxylic acids is 1. The van der Waals surface area contributed by atoms with E-state index in [-0.39, 0.29) is 23.3 Å². The Bertz CT molecular complexity index is 552. The third-order valence-electron chi connectivity index (χ3n) is 4.19. The quantitative estimate of drug-likeness (QED) is 0.835. The number of alkyl halides is 3. The molecule has 0 saturated carbocycles. The first-order chi connectivity index (χ1) is 10.8. The highest BCUT2D eigenvalue weighted by molar-refractivity contribution is 5.94. The normalized spacial score (nSPS) is 18.3. The summed E-state index contributed by atoms with van der Waals surface area (Å²) in [5.74, 6) is -0.301. The maximum Gasteiger partial charge on any atom is 0.418 e. The lowest BCUT2D eigenvalue weighted by molar-refractivity contribution is -0.137. The van der Waals surface area contributed by atoms with E-state index in [0.29, 0.717) is 0 Å². The molecule has 1 atom stereocenters. The molecule has 1 heterocycles. The van der Waals surface area contributed by atoms with Crippen LogP contribution in [0.4, 0.5) is 24.5 Å². The van der Waals surface area contributed by atoms with E-state index in [0.717, 1.165) is 50.9 Å². The fourth-order valence-corrected chi connectivity index (χ4v) is 2.77. The second kappa shape index (κ2) is 7.21. The van der Waals surface area contributed by atoms with Gasteiger partial charge in [-0.2, -0.15) is 13.2 Å². The number of halogens is 3. The number of nitrogen functional groups attached to an aromatic ring is 1. The molecule has 1 aliphatic heterocycles. The molecule has 128 valence electrons. The molecular weight excluding hydrogens is 307 g/mol. The third kappa shape index (κ3) is 4.60. The summed E-state index contributed by atoms with van der Waals surface area (Å²) in [6.45, 7) is 3.46. The van der Waals surface area contributed by atoms with Gasteiger partial charge < -0.3 is 11.1 Å². The van der Waals surface area contributed by atoms with E-state index in [1.54, 1.807) is 6.92 Å². The van der Waals surface area contributed by atoms with Crippen LogP contribution in [0.25, 0.3) is 0 Å². The first-order valence-electron chi connectivity index (χ1n) is 7.80. The van der Waals surface area contributed by atoms with Crippen molar-refractivity contribution in [3.8, 4) is 0 Å². The number of benzene rings is 1. The van der Waals surface area contributed by atoms with Crippen LogP contribution in [-0.2, 0) is 11.0 Å². The number of nitrogens with zero attached hydrogens (tertiary/aromatic N) is 1. The fourth-order valence-electron chi connectivity index (χ4n) is 2.77. The molecule has 1 unspecified atom stereocenters. The van der Waals surface area contributed by atoms with Gasteiger partial charge in [-0.1, -0.05) is 12.8 Å². The minimum absolute atomic E-state index is 0.109. The Kier molecular flexibility index (Phi) is 5.51. The zero-order valence-corrected chi connectivity index (χ0v) is 13.1. The van der Waals surface area contributed by atoms with Gasteiger partial charge in [0.15, 0.2) is 0 Å². The molecule has 0 aliphatic carbocycles. The molecule has 1 aromatic carbocycles. The van der Waals surface area contributed by atoms with Crippen LogP contribution in [0.15, 0.2) is 18.2 Å². The Hall–Kier alpha value is -1.76. The molecule has 0 bridgehead atoms. The number of anilines is 2. The highest BCUT2D eigenvalue weighted by atomic mass is 19.4.